The van der Waals surface area contributed by atoms with E-state index in [-0.39, 0.29) is 19.0 Å². The van der Waals surface area contributed by atoms with Crippen LogP contribution in [0.2, 0.25) is 0 Å². The molecule has 0 aromatic heterocycles. The summed E-state index contributed by atoms with van der Waals surface area (Å²) in [6.07, 6.45) is 2.78. The Kier molecular flexibility index (Phi) is 7.24. The van der Waals surface area contributed by atoms with Crippen LogP contribution in [0.15, 0.2) is 29.2 Å². The third-order valence-corrected chi connectivity index (χ3v) is 8.10. The highest BCUT2D eigenvalue weighted by Crippen LogP contribution is 2.28. The van der Waals surface area contributed by atoms with Gasteiger partial charge in [0, 0.05) is 25.7 Å². The molecule has 2 N–H and O–H groups in total. The number of nitrogens with zero attached hydrogens (tertiary/aromatic N) is 2. The lowest BCUT2D eigenvalue weighted by Gasteiger charge is -2.37. The zero-order valence-corrected chi connectivity index (χ0v) is 19.7. The summed E-state index contributed by atoms with van der Waals surface area (Å²) in [6, 6.07) is 5.51. The molecule has 1 saturated heterocycles. The first-order valence-electron chi connectivity index (χ1n) is 10.9. The van der Waals surface area contributed by atoms with Crippen LogP contribution >= 0.6 is 0 Å². The number of hydrogen-bond donors (Lipinski definition) is 2. The molecule has 0 bridgehead atoms. The van der Waals surface area contributed by atoms with Gasteiger partial charge in [0.05, 0.1) is 17.5 Å². The predicted octanol–water partition coefficient (Wildman–Crippen LogP) is 1.14. The van der Waals surface area contributed by atoms with Crippen LogP contribution < -0.4 is 10.6 Å². The Morgan fingerprint density at radius 3 is 2.62 bits per heavy atom. The van der Waals surface area contributed by atoms with Crippen LogP contribution in [0.5, 0.6) is 0 Å². The number of carbonyl (C=O) groups is 3. The summed E-state index contributed by atoms with van der Waals surface area (Å²) in [7, 11) is -3.65. The van der Waals surface area contributed by atoms with E-state index in [0.717, 1.165) is 18.3 Å². The molecule has 10 heteroatoms. The van der Waals surface area contributed by atoms with E-state index in [1.54, 1.807) is 12.1 Å². The van der Waals surface area contributed by atoms with Gasteiger partial charge in [0.1, 0.15) is 6.29 Å². The number of urea groups is 1. The molecular formula is C22H32N4O5S. The highest BCUT2D eigenvalue weighted by Gasteiger charge is 2.36. The molecule has 2 aliphatic heterocycles. The summed E-state index contributed by atoms with van der Waals surface area (Å²) in [6.45, 7) is 6.52. The zero-order chi connectivity index (χ0) is 23.5. The van der Waals surface area contributed by atoms with Crippen LogP contribution in [0.1, 0.15) is 39.2 Å². The topological polar surface area (TPSA) is 116 Å². The van der Waals surface area contributed by atoms with Crippen molar-refractivity contribution in [1.82, 2.24) is 19.8 Å². The van der Waals surface area contributed by atoms with Gasteiger partial charge in [-0.2, -0.15) is 4.31 Å². The molecule has 2 heterocycles. The van der Waals surface area contributed by atoms with Gasteiger partial charge in [-0.15, -0.1) is 0 Å². The van der Waals surface area contributed by atoms with Crippen LogP contribution in [0.25, 0.3) is 0 Å². The average molecular weight is 465 g/mol. The summed E-state index contributed by atoms with van der Waals surface area (Å²) >= 11 is 0. The van der Waals surface area contributed by atoms with Gasteiger partial charge >= 0.3 is 6.03 Å². The number of carbonyl (C=O) groups excluding carboxylic acids is 3. The molecule has 0 saturated carbocycles. The van der Waals surface area contributed by atoms with Crippen LogP contribution in [0.4, 0.5) is 4.79 Å². The first kappa shape index (κ1) is 24.2. The molecule has 32 heavy (non-hydrogen) atoms. The molecule has 0 spiro atoms. The smallest absolute Gasteiger partial charge is 0.315 e. The van der Waals surface area contributed by atoms with Crippen LogP contribution in [-0.2, 0) is 26.0 Å². The van der Waals surface area contributed by atoms with Crippen LogP contribution in [0, 0.1) is 5.41 Å². The highest BCUT2D eigenvalue weighted by molar-refractivity contribution is 7.89. The molecule has 3 rings (SSSR count). The van der Waals surface area contributed by atoms with Gasteiger partial charge in [0.2, 0.25) is 15.9 Å². The number of nitrogens with one attached hydrogen (secondary N) is 2. The van der Waals surface area contributed by atoms with Gasteiger partial charge < -0.3 is 20.3 Å². The second-order valence-corrected chi connectivity index (χ2v) is 11.3. The zero-order valence-electron chi connectivity index (χ0n) is 18.8. The monoisotopic (exact) mass is 464 g/mol. The minimum absolute atomic E-state index is 0.126. The fraction of sp³-hybridized carbons (Fsp3) is 0.591. The average Bonchev–Trinajstić information content (AvgIpc) is 3.22. The Hall–Kier alpha value is -2.46. The summed E-state index contributed by atoms with van der Waals surface area (Å²) in [5, 5.41) is 5.40. The van der Waals surface area contributed by atoms with Crippen molar-refractivity contribution in [3.05, 3.63) is 29.8 Å². The number of sulfonamides is 1. The first-order valence-corrected chi connectivity index (χ1v) is 12.3. The van der Waals surface area contributed by atoms with Gasteiger partial charge in [-0.05, 0) is 36.3 Å². The number of rotatable bonds is 6. The Labute approximate surface area is 189 Å². The lowest BCUT2D eigenvalue weighted by atomic mass is 9.86. The molecule has 9 nitrogen and oxygen atoms in total. The van der Waals surface area contributed by atoms with Crippen molar-refractivity contribution >= 4 is 28.2 Å². The molecule has 0 aliphatic carbocycles. The number of hydrogen-bond acceptors (Lipinski definition) is 5. The highest BCUT2D eigenvalue weighted by atomic mass is 32.2. The predicted molar refractivity (Wildman–Crippen MR) is 119 cm³/mol. The van der Waals surface area contributed by atoms with E-state index in [9.17, 15) is 22.8 Å². The van der Waals surface area contributed by atoms with Gasteiger partial charge in [-0.25, -0.2) is 13.2 Å². The maximum absolute atomic E-state index is 13.1. The van der Waals surface area contributed by atoms with E-state index in [1.165, 1.54) is 9.21 Å². The Balaban J connectivity index is 1.63. The van der Waals surface area contributed by atoms with Gasteiger partial charge in [-0.1, -0.05) is 39.0 Å². The molecule has 1 fully saturated rings. The van der Waals surface area contributed by atoms with E-state index in [1.807, 2.05) is 32.9 Å². The number of benzene rings is 1. The van der Waals surface area contributed by atoms with E-state index >= 15 is 0 Å². The summed E-state index contributed by atoms with van der Waals surface area (Å²) in [5.74, 6) is -0.308. The molecule has 2 aliphatic rings. The van der Waals surface area contributed by atoms with Gasteiger partial charge in [0.15, 0.2) is 0 Å². The lowest BCUT2D eigenvalue weighted by molar-refractivity contribution is -0.133. The second-order valence-electron chi connectivity index (χ2n) is 9.40. The quantitative estimate of drug-likeness (QED) is 0.613. The molecular weight excluding hydrogens is 432 g/mol. The molecule has 0 radical (unpaired) electrons. The second kappa shape index (κ2) is 9.58. The van der Waals surface area contributed by atoms with Crippen molar-refractivity contribution < 1.29 is 22.8 Å². The minimum Gasteiger partial charge on any atom is -0.334 e. The maximum Gasteiger partial charge on any atom is 0.315 e. The molecule has 1 unspecified atom stereocenters. The summed E-state index contributed by atoms with van der Waals surface area (Å²) in [4.78, 5) is 37.8. The molecule has 1 aromatic carbocycles. The van der Waals surface area contributed by atoms with E-state index in [2.05, 4.69) is 10.6 Å². The van der Waals surface area contributed by atoms with E-state index in [0.29, 0.717) is 30.8 Å². The van der Waals surface area contributed by atoms with Crippen molar-refractivity contribution in [2.45, 2.75) is 57.0 Å². The summed E-state index contributed by atoms with van der Waals surface area (Å²) in [5.41, 5.74) is 0.376. The van der Waals surface area contributed by atoms with Crippen molar-refractivity contribution in [3.63, 3.8) is 0 Å². The number of likely N-dealkylation sites (tertiary alicyclic amines) is 1. The molecule has 3 amide bonds. The third kappa shape index (κ3) is 5.29. The Morgan fingerprint density at radius 1 is 1.22 bits per heavy atom. The number of amides is 3. The minimum atomic E-state index is -3.65. The number of aldehydes is 1. The van der Waals surface area contributed by atoms with E-state index in [4.69, 9.17) is 0 Å². The Morgan fingerprint density at radius 2 is 1.94 bits per heavy atom. The normalized spacial score (nSPS) is 21.5. The fourth-order valence-electron chi connectivity index (χ4n) is 4.11. The van der Waals surface area contributed by atoms with Crippen molar-refractivity contribution in [1.29, 1.82) is 0 Å². The summed E-state index contributed by atoms with van der Waals surface area (Å²) < 4.78 is 27.6. The SMILES string of the molecule is CC(C)(C)C(CN1CCc2ccccc2S1(=O)=O)NC(=O)NCC(=O)N1CCC[C@H]1C=O. The fourth-order valence-corrected chi connectivity index (χ4v) is 5.81. The Bertz CT molecular complexity index is 973. The molecule has 2 atom stereocenters. The molecule has 176 valence electrons. The van der Waals surface area contributed by atoms with Gasteiger partial charge in [0.25, 0.3) is 0 Å². The first-order chi connectivity index (χ1) is 15.0. The van der Waals surface area contributed by atoms with Crippen molar-refractivity contribution in [2.75, 3.05) is 26.2 Å². The van der Waals surface area contributed by atoms with Crippen molar-refractivity contribution in [3.8, 4) is 0 Å². The van der Waals surface area contributed by atoms with Crippen LogP contribution in [0.3, 0.4) is 0 Å². The van der Waals surface area contributed by atoms with E-state index < -0.39 is 33.6 Å². The largest absolute Gasteiger partial charge is 0.334 e. The van der Waals surface area contributed by atoms with Crippen molar-refractivity contribution in [2.24, 2.45) is 5.41 Å². The van der Waals surface area contributed by atoms with Gasteiger partial charge in [-0.3, -0.25) is 4.79 Å². The molecule has 1 aromatic rings. The lowest BCUT2D eigenvalue weighted by Crippen LogP contribution is -2.56. The van der Waals surface area contributed by atoms with Crippen LogP contribution in [-0.4, -0.2) is 74.1 Å². The number of fused-ring (bicyclic) bond motifs is 1. The maximum atomic E-state index is 13.1. The third-order valence-electron chi connectivity index (χ3n) is 6.13. The standard InChI is InChI=1S/C22H32N4O5S/c1-22(2,3)19(14-25-12-10-16-7-4-5-9-18(16)32(25,30)31)24-21(29)23-13-20(28)26-11-6-8-17(26)15-27/h4-5,7,9,15,17,19H,6,8,10-14H2,1-3H3,(H2,23,24,29)/t17-,19?/m0/s1.